The lowest BCUT2D eigenvalue weighted by Gasteiger charge is -2.21. The molecule has 0 spiro atoms. The summed E-state index contributed by atoms with van der Waals surface area (Å²) in [4.78, 5) is 65.5. The van der Waals surface area contributed by atoms with Crippen LogP contribution in [-0.2, 0) is 28.7 Å². The van der Waals surface area contributed by atoms with Gasteiger partial charge in [-0.25, -0.2) is 0 Å². The summed E-state index contributed by atoms with van der Waals surface area (Å²) in [6.07, 6.45) is 26.8. The lowest BCUT2D eigenvalue weighted by atomic mass is 10.0. The second-order valence-corrected chi connectivity index (χ2v) is 14.2. The largest absolute Gasteiger partial charge is 0.465 e. The van der Waals surface area contributed by atoms with Gasteiger partial charge in [0.2, 0.25) is 11.8 Å². The van der Waals surface area contributed by atoms with Gasteiger partial charge in [-0.05, 0) is 44.9 Å². The van der Waals surface area contributed by atoms with Crippen molar-refractivity contribution in [1.29, 1.82) is 0 Å². The zero-order valence-electron chi connectivity index (χ0n) is 33.8. The molecule has 0 aliphatic rings. The standard InChI is InChI=1S/C43H73N3O7/c1-5-9-11-13-15-17-19-21-23-25-27-29-39(47)44-37-31-36(43(51)46(34-41(49)52-7-3)35-42(50)53-8-4)32-38(33-37)45-40(48)30-28-26-24-22-20-18-16-14-12-10-6-2/h31-33H,5-30,34-35H2,1-4H3,(H,44,47)(H,45,48). The molecule has 3 amide bonds. The van der Waals surface area contributed by atoms with Crippen LogP contribution in [0.2, 0.25) is 0 Å². The number of amides is 3. The van der Waals surface area contributed by atoms with Crippen LogP contribution in [0.3, 0.4) is 0 Å². The number of carbonyl (C=O) groups excluding carboxylic acids is 5. The molecule has 10 heteroatoms. The van der Waals surface area contributed by atoms with Crippen molar-refractivity contribution in [3.8, 4) is 0 Å². The molecule has 0 atom stereocenters. The van der Waals surface area contributed by atoms with Gasteiger partial charge in [-0.3, -0.25) is 24.0 Å². The minimum Gasteiger partial charge on any atom is -0.465 e. The SMILES string of the molecule is CCCCCCCCCCCCCC(=O)Nc1cc(NC(=O)CCCCCCCCCCCCC)cc(C(=O)N(CC(=O)OCC)CC(=O)OCC)c1. The number of nitrogens with one attached hydrogen (secondary N) is 2. The summed E-state index contributed by atoms with van der Waals surface area (Å²) in [7, 11) is 0. The van der Waals surface area contributed by atoms with Crippen LogP contribution in [0, 0.1) is 0 Å². The van der Waals surface area contributed by atoms with E-state index in [9.17, 15) is 24.0 Å². The summed E-state index contributed by atoms with van der Waals surface area (Å²) in [5.74, 6) is -2.32. The predicted molar refractivity (Wildman–Crippen MR) is 215 cm³/mol. The molecular weight excluding hydrogens is 670 g/mol. The van der Waals surface area contributed by atoms with Gasteiger partial charge in [-0.2, -0.15) is 0 Å². The molecule has 0 fully saturated rings. The Morgan fingerprint density at radius 1 is 0.472 bits per heavy atom. The first-order chi connectivity index (χ1) is 25.7. The van der Waals surface area contributed by atoms with Crippen molar-refractivity contribution in [2.75, 3.05) is 36.9 Å². The number of rotatable bonds is 33. The van der Waals surface area contributed by atoms with Crippen LogP contribution in [0.1, 0.15) is 192 Å². The molecule has 1 aromatic carbocycles. The van der Waals surface area contributed by atoms with E-state index in [1.165, 1.54) is 115 Å². The number of unbranched alkanes of at least 4 members (excludes halogenated alkanes) is 20. The Labute approximate surface area is 321 Å². The van der Waals surface area contributed by atoms with Crippen molar-refractivity contribution in [2.45, 2.75) is 182 Å². The van der Waals surface area contributed by atoms with Crippen molar-refractivity contribution in [3.05, 3.63) is 23.8 Å². The number of hydrogen-bond donors (Lipinski definition) is 2. The summed E-state index contributed by atoms with van der Waals surface area (Å²) >= 11 is 0. The first-order valence-electron chi connectivity index (χ1n) is 21.1. The molecule has 1 aromatic rings. The summed E-state index contributed by atoms with van der Waals surface area (Å²) in [5, 5.41) is 5.79. The molecule has 0 saturated carbocycles. The van der Waals surface area contributed by atoms with Gasteiger partial charge in [0, 0.05) is 29.8 Å². The first kappa shape index (κ1) is 47.6. The average Bonchev–Trinajstić information content (AvgIpc) is 3.12. The number of anilines is 2. The van der Waals surface area contributed by atoms with Gasteiger partial charge < -0.3 is 25.0 Å². The number of nitrogens with zero attached hydrogens (tertiary/aromatic N) is 1. The fourth-order valence-electron chi connectivity index (χ4n) is 6.35. The maximum atomic E-state index is 13.8. The van der Waals surface area contributed by atoms with Crippen LogP contribution in [0.5, 0.6) is 0 Å². The highest BCUT2D eigenvalue weighted by atomic mass is 16.5. The predicted octanol–water partition coefficient (Wildman–Crippen LogP) is 10.5. The van der Waals surface area contributed by atoms with Crippen LogP contribution in [0.15, 0.2) is 18.2 Å². The Morgan fingerprint density at radius 3 is 1.11 bits per heavy atom. The Hall–Kier alpha value is -3.43. The third kappa shape index (κ3) is 25.3. The lowest BCUT2D eigenvalue weighted by Crippen LogP contribution is -2.40. The van der Waals surface area contributed by atoms with E-state index in [4.69, 9.17) is 9.47 Å². The molecule has 0 radical (unpaired) electrons. The van der Waals surface area contributed by atoms with Gasteiger partial charge in [0.15, 0.2) is 0 Å². The number of carbonyl (C=O) groups is 5. The normalized spacial score (nSPS) is 10.9. The van der Waals surface area contributed by atoms with Crippen molar-refractivity contribution in [3.63, 3.8) is 0 Å². The molecule has 0 unspecified atom stereocenters. The number of ether oxygens (including phenoxy) is 2. The van der Waals surface area contributed by atoms with Gasteiger partial charge >= 0.3 is 11.9 Å². The first-order valence-corrected chi connectivity index (χ1v) is 21.1. The second-order valence-electron chi connectivity index (χ2n) is 14.2. The molecule has 0 aliphatic heterocycles. The Bertz CT molecular complexity index is 1090. The second kappa shape index (κ2) is 32.0. The van der Waals surface area contributed by atoms with Gasteiger partial charge in [0.1, 0.15) is 13.1 Å². The Kier molecular flexibility index (Phi) is 28.8. The Balaban J connectivity index is 2.85. The molecular formula is C43H73N3O7. The van der Waals surface area contributed by atoms with Crippen LogP contribution in [0.4, 0.5) is 11.4 Å². The lowest BCUT2D eigenvalue weighted by molar-refractivity contribution is -0.147. The van der Waals surface area contributed by atoms with E-state index in [0.29, 0.717) is 24.2 Å². The third-order valence-corrected chi connectivity index (χ3v) is 9.30. The minimum atomic E-state index is -0.665. The van der Waals surface area contributed by atoms with Crippen molar-refractivity contribution < 1.29 is 33.4 Å². The third-order valence-electron chi connectivity index (χ3n) is 9.30. The van der Waals surface area contributed by atoms with E-state index < -0.39 is 30.9 Å². The maximum Gasteiger partial charge on any atom is 0.325 e. The van der Waals surface area contributed by atoms with Crippen molar-refractivity contribution >= 4 is 41.0 Å². The monoisotopic (exact) mass is 744 g/mol. The summed E-state index contributed by atoms with van der Waals surface area (Å²) in [6, 6.07) is 4.64. The molecule has 10 nitrogen and oxygen atoms in total. The summed E-state index contributed by atoms with van der Waals surface area (Å²) < 4.78 is 10.1. The van der Waals surface area contributed by atoms with E-state index in [0.717, 1.165) is 43.4 Å². The number of esters is 2. The number of benzene rings is 1. The van der Waals surface area contributed by atoms with Crippen molar-refractivity contribution in [1.82, 2.24) is 4.90 Å². The summed E-state index contributed by atoms with van der Waals surface area (Å²) in [5.41, 5.74) is 0.804. The van der Waals surface area contributed by atoms with E-state index in [1.54, 1.807) is 19.9 Å². The quantitative estimate of drug-likeness (QED) is 0.0541. The fraction of sp³-hybridized carbons (Fsp3) is 0.744. The molecule has 2 N–H and O–H groups in total. The van der Waals surface area contributed by atoms with Gasteiger partial charge in [0.25, 0.3) is 5.91 Å². The zero-order valence-corrected chi connectivity index (χ0v) is 33.8. The highest BCUT2D eigenvalue weighted by Crippen LogP contribution is 2.23. The topological polar surface area (TPSA) is 131 Å². The van der Waals surface area contributed by atoms with Gasteiger partial charge in [-0.1, -0.05) is 142 Å². The van der Waals surface area contributed by atoms with Gasteiger partial charge in [0.05, 0.1) is 13.2 Å². The highest BCUT2D eigenvalue weighted by molar-refractivity contribution is 6.02. The molecule has 0 aromatic heterocycles. The van der Waals surface area contributed by atoms with E-state index >= 15 is 0 Å². The molecule has 0 saturated heterocycles. The smallest absolute Gasteiger partial charge is 0.325 e. The number of hydrogen-bond acceptors (Lipinski definition) is 7. The van der Waals surface area contributed by atoms with Crippen LogP contribution in [-0.4, -0.2) is 60.9 Å². The Morgan fingerprint density at radius 2 is 0.792 bits per heavy atom. The van der Waals surface area contributed by atoms with Gasteiger partial charge in [-0.15, -0.1) is 0 Å². The fourth-order valence-corrected chi connectivity index (χ4v) is 6.35. The van der Waals surface area contributed by atoms with E-state index in [1.807, 2.05) is 0 Å². The van der Waals surface area contributed by atoms with Crippen LogP contribution in [0.25, 0.3) is 0 Å². The van der Waals surface area contributed by atoms with Crippen LogP contribution >= 0.6 is 0 Å². The van der Waals surface area contributed by atoms with E-state index in [2.05, 4.69) is 24.5 Å². The molecule has 53 heavy (non-hydrogen) atoms. The molecule has 0 heterocycles. The van der Waals surface area contributed by atoms with E-state index in [-0.39, 0.29) is 30.6 Å². The average molecular weight is 744 g/mol. The molecule has 0 bridgehead atoms. The molecule has 1 rings (SSSR count). The molecule has 302 valence electrons. The van der Waals surface area contributed by atoms with Crippen LogP contribution < -0.4 is 10.6 Å². The maximum absolute atomic E-state index is 13.8. The summed E-state index contributed by atoms with van der Waals surface area (Å²) in [6.45, 7) is 7.11. The van der Waals surface area contributed by atoms with Crippen molar-refractivity contribution in [2.24, 2.45) is 0 Å². The molecule has 0 aliphatic carbocycles. The zero-order chi connectivity index (χ0) is 38.9. The minimum absolute atomic E-state index is 0.107. The highest BCUT2D eigenvalue weighted by Gasteiger charge is 2.24.